The number of aromatic carboxylic acids is 1. The maximum atomic E-state index is 12.4. The van der Waals surface area contributed by atoms with E-state index in [0.717, 1.165) is 6.20 Å². The van der Waals surface area contributed by atoms with Crippen molar-refractivity contribution in [3.63, 3.8) is 0 Å². The van der Waals surface area contributed by atoms with Crippen LogP contribution in [-0.2, 0) is 5.60 Å². The van der Waals surface area contributed by atoms with Crippen molar-refractivity contribution >= 4 is 11.8 Å². The summed E-state index contributed by atoms with van der Waals surface area (Å²) in [4.78, 5) is 20.5. The number of hydrogen-bond acceptors (Lipinski definition) is 6. The summed E-state index contributed by atoms with van der Waals surface area (Å²) in [6.07, 6.45) is -1.80. The SMILES string of the molecule is O=C(O)c1cnc(N2CCC(O)(c3cccc(OC(F)(F)F)c3)CC2)cn1. The third-order valence-electron chi connectivity index (χ3n) is 4.38. The lowest BCUT2D eigenvalue weighted by Crippen LogP contribution is -2.43. The third-order valence-corrected chi connectivity index (χ3v) is 4.38. The molecule has 1 aliphatic heterocycles. The predicted molar refractivity (Wildman–Crippen MR) is 87.5 cm³/mol. The minimum absolute atomic E-state index is 0.172. The van der Waals surface area contributed by atoms with E-state index in [1.807, 2.05) is 4.90 Å². The number of benzene rings is 1. The molecule has 1 saturated heterocycles. The molecule has 1 aliphatic rings. The minimum atomic E-state index is -4.80. The highest BCUT2D eigenvalue weighted by Crippen LogP contribution is 2.36. The number of carboxylic acid groups (broad SMARTS) is 1. The van der Waals surface area contributed by atoms with E-state index in [4.69, 9.17) is 5.11 Å². The first kappa shape index (κ1) is 18.9. The summed E-state index contributed by atoms with van der Waals surface area (Å²) in [5, 5.41) is 19.7. The van der Waals surface area contributed by atoms with Gasteiger partial charge in [-0.25, -0.2) is 14.8 Å². The number of ether oxygens (including phenoxy) is 1. The highest BCUT2D eigenvalue weighted by molar-refractivity contribution is 5.84. The first-order valence-corrected chi connectivity index (χ1v) is 8.05. The van der Waals surface area contributed by atoms with Gasteiger partial charge in [-0.05, 0) is 30.5 Å². The number of anilines is 1. The van der Waals surface area contributed by atoms with Crippen LogP contribution in [0.5, 0.6) is 5.75 Å². The van der Waals surface area contributed by atoms with E-state index >= 15 is 0 Å². The van der Waals surface area contributed by atoms with Crippen LogP contribution in [0.1, 0.15) is 28.9 Å². The van der Waals surface area contributed by atoms with Gasteiger partial charge >= 0.3 is 12.3 Å². The molecule has 1 fully saturated rings. The van der Waals surface area contributed by atoms with E-state index in [9.17, 15) is 23.1 Å². The first-order chi connectivity index (χ1) is 12.7. The van der Waals surface area contributed by atoms with Crippen LogP contribution in [0.15, 0.2) is 36.7 Å². The van der Waals surface area contributed by atoms with Crippen molar-refractivity contribution < 1.29 is 32.9 Å². The number of hydrogen-bond donors (Lipinski definition) is 2. The average Bonchev–Trinajstić information content (AvgIpc) is 2.61. The Balaban J connectivity index is 1.70. The minimum Gasteiger partial charge on any atom is -0.476 e. The van der Waals surface area contributed by atoms with Crippen molar-refractivity contribution in [3.8, 4) is 5.75 Å². The molecule has 0 unspecified atom stereocenters. The second-order valence-corrected chi connectivity index (χ2v) is 6.16. The monoisotopic (exact) mass is 383 g/mol. The van der Waals surface area contributed by atoms with Gasteiger partial charge in [0.05, 0.1) is 18.0 Å². The van der Waals surface area contributed by atoms with Crippen molar-refractivity contribution in [2.24, 2.45) is 0 Å². The van der Waals surface area contributed by atoms with Crippen LogP contribution in [0, 0.1) is 0 Å². The first-order valence-electron chi connectivity index (χ1n) is 8.05. The molecule has 27 heavy (non-hydrogen) atoms. The Morgan fingerprint density at radius 1 is 1.19 bits per heavy atom. The van der Waals surface area contributed by atoms with Crippen LogP contribution in [0.25, 0.3) is 0 Å². The summed E-state index contributed by atoms with van der Waals surface area (Å²) < 4.78 is 41.1. The van der Waals surface area contributed by atoms with Gasteiger partial charge in [-0.15, -0.1) is 13.2 Å². The highest BCUT2D eigenvalue weighted by atomic mass is 19.4. The van der Waals surface area contributed by atoms with Crippen molar-refractivity contribution in [1.82, 2.24) is 9.97 Å². The predicted octanol–water partition coefficient (Wildman–Crippen LogP) is 2.56. The van der Waals surface area contributed by atoms with Crippen LogP contribution in [0.3, 0.4) is 0 Å². The summed E-state index contributed by atoms with van der Waals surface area (Å²) in [5.74, 6) is -1.09. The Kier molecular flexibility index (Phi) is 4.92. The maximum absolute atomic E-state index is 12.4. The zero-order valence-electron chi connectivity index (χ0n) is 14.0. The van der Waals surface area contributed by atoms with Crippen molar-refractivity contribution in [1.29, 1.82) is 0 Å². The second-order valence-electron chi connectivity index (χ2n) is 6.16. The van der Waals surface area contributed by atoms with E-state index < -0.39 is 17.9 Å². The van der Waals surface area contributed by atoms with Crippen LogP contribution in [-0.4, -0.2) is 45.6 Å². The fourth-order valence-corrected chi connectivity index (χ4v) is 2.97. The molecular formula is C17H16F3N3O4. The van der Waals surface area contributed by atoms with Gasteiger partial charge in [-0.1, -0.05) is 12.1 Å². The molecule has 0 saturated carbocycles. The van der Waals surface area contributed by atoms with Gasteiger partial charge < -0.3 is 19.8 Å². The summed E-state index contributed by atoms with van der Waals surface area (Å²) in [6, 6.07) is 5.32. The van der Waals surface area contributed by atoms with Gasteiger partial charge in [0, 0.05) is 13.1 Å². The fraction of sp³-hybridized carbons (Fsp3) is 0.353. The quantitative estimate of drug-likeness (QED) is 0.838. The van der Waals surface area contributed by atoms with Crippen LogP contribution < -0.4 is 9.64 Å². The van der Waals surface area contributed by atoms with Gasteiger partial charge in [-0.2, -0.15) is 0 Å². The molecule has 2 N–H and O–H groups in total. The lowest BCUT2D eigenvalue weighted by Gasteiger charge is -2.39. The molecule has 0 amide bonds. The Morgan fingerprint density at radius 3 is 2.44 bits per heavy atom. The zero-order valence-corrected chi connectivity index (χ0v) is 14.0. The molecule has 0 bridgehead atoms. The number of rotatable bonds is 4. The highest BCUT2D eigenvalue weighted by Gasteiger charge is 2.36. The second kappa shape index (κ2) is 7.03. The molecule has 10 heteroatoms. The Bertz CT molecular complexity index is 819. The fourth-order valence-electron chi connectivity index (χ4n) is 2.97. The number of aromatic nitrogens is 2. The van der Waals surface area contributed by atoms with Gasteiger partial charge in [-0.3, -0.25) is 0 Å². The van der Waals surface area contributed by atoms with Gasteiger partial charge in [0.2, 0.25) is 0 Å². The average molecular weight is 383 g/mol. The molecule has 2 heterocycles. The van der Waals surface area contributed by atoms with E-state index in [-0.39, 0.29) is 24.3 Å². The Labute approximate surface area is 152 Å². The zero-order chi connectivity index (χ0) is 19.7. The van der Waals surface area contributed by atoms with E-state index in [2.05, 4.69) is 14.7 Å². The lowest BCUT2D eigenvalue weighted by molar-refractivity contribution is -0.274. The summed E-state index contributed by atoms with van der Waals surface area (Å²) >= 11 is 0. The van der Waals surface area contributed by atoms with Gasteiger partial charge in [0.25, 0.3) is 0 Å². The van der Waals surface area contributed by atoms with E-state index in [1.54, 1.807) is 6.07 Å². The van der Waals surface area contributed by atoms with Crippen molar-refractivity contribution in [3.05, 3.63) is 47.9 Å². The molecular weight excluding hydrogens is 367 g/mol. The molecule has 3 rings (SSSR count). The number of carboxylic acids is 1. The van der Waals surface area contributed by atoms with E-state index in [0.29, 0.717) is 24.5 Å². The molecule has 1 aromatic heterocycles. The van der Waals surface area contributed by atoms with Crippen LogP contribution in [0.4, 0.5) is 19.0 Å². The number of piperidine rings is 1. The molecule has 144 valence electrons. The molecule has 0 aliphatic carbocycles. The number of alkyl halides is 3. The molecule has 2 aromatic rings. The molecule has 1 aromatic carbocycles. The number of aliphatic hydroxyl groups is 1. The number of halogens is 3. The molecule has 0 spiro atoms. The summed E-state index contributed by atoms with van der Waals surface area (Å²) in [6.45, 7) is 0.754. The Hall–Kier alpha value is -2.88. The molecule has 0 radical (unpaired) electrons. The topological polar surface area (TPSA) is 95.8 Å². The summed E-state index contributed by atoms with van der Waals surface area (Å²) in [5.41, 5.74) is -1.12. The van der Waals surface area contributed by atoms with Crippen molar-refractivity contribution in [2.75, 3.05) is 18.0 Å². The van der Waals surface area contributed by atoms with E-state index in [1.165, 1.54) is 24.4 Å². The third kappa shape index (κ3) is 4.45. The van der Waals surface area contributed by atoms with Crippen LogP contribution >= 0.6 is 0 Å². The van der Waals surface area contributed by atoms with Crippen molar-refractivity contribution in [2.45, 2.75) is 24.8 Å². The summed E-state index contributed by atoms with van der Waals surface area (Å²) in [7, 11) is 0. The van der Waals surface area contributed by atoms with Crippen LogP contribution in [0.2, 0.25) is 0 Å². The van der Waals surface area contributed by atoms with Gasteiger partial charge in [0.1, 0.15) is 11.6 Å². The Morgan fingerprint density at radius 2 is 1.89 bits per heavy atom. The smallest absolute Gasteiger partial charge is 0.476 e. The number of nitrogens with zero attached hydrogens (tertiary/aromatic N) is 3. The largest absolute Gasteiger partial charge is 0.573 e. The van der Waals surface area contributed by atoms with Gasteiger partial charge in [0.15, 0.2) is 5.69 Å². The molecule has 7 nitrogen and oxygen atoms in total. The number of carbonyl (C=O) groups is 1. The molecule has 0 atom stereocenters. The normalized spacial score (nSPS) is 16.8. The standard InChI is InChI=1S/C17H16F3N3O4/c18-17(19,20)27-12-3-1-2-11(8-12)16(26)4-6-23(7-5-16)14-10-21-13(9-22-14)15(24)25/h1-3,8-10,26H,4-7H2,(H,24,25). The lowest BCUT2D eigenvalue weighted by atomic mass is 9.84. The maximum Gasteiger partial charge on any atom is 0.573 e.